The van der Waals surface area contributed by atoms with Gasteiger partial charge in [0.2, 0.25) is 0 Å². The van der Waals surface area contributed by atoms with Crippen molar-refractivity contribution in [3.63, 3.8) is 0 Å². The van der Waals surface area contributed by atoms with Crippen molar-refractivity contribution in [1.82, 2.24) is 34.3 Å². The average Bonchev–Trinajstić information content (AvgIpc) is 3.16. The first-order valence-electron chi connectivity index (χ1n) is 9.44. The molecule has 0 fully saturated rings. The maximum absolute atomic E-state index is 13.4. The lowest BCUT2D eigenvalue weighted by Crippen LogP contribution is -2.23. The Labute approximate surface area is 169 Å². The number of rotatable bonds is 4. The van der Waals surface area contributed by atoms with Crippen molar-refractivity contribution < 1.29 is 4.39 Å². The first-order chi connectivity index (χ1) is 14.7. The highest BCUT2D eigenvalue weighted by Crippen LogP contribution is 2.28. The van der Waals surface area contributed by atoms with Crippen molar-refractivity contribution >= 4 is 16.8 Å². The van der Waals surface area contributed by atoms with Gasteiger partial charge in [-0.05, 0) is 35.7 Å². The van der Waals surface area contributed by atoms with E-state index in [0.717, 1.165) is 22.4 Å². The summed E-state index contributed by atoms with van der Waals surface area (Å²) >= 11 is 0. The van der Waals surface area contributed by atoms with Gasteiger partial charge in [0.25, 0.3) is 5.56 Å². The van der Waals surface area contributed by atoms with Gasteiger partial charge in [-0.2, -0.15) is 9.61 Å². The van der Waals surface area contributed by atoms with Crippen LogP contribution >= 0.6 is 0 Å². The molecule has 4 heterocycles. The number of fused-ring (bicyclic) bond motifs is 3. The second kappa shape index (κ2) is 7.11. The minimum absolute atomic E-state index is 0.129. The molecule has 30 heavy (non-hydrogen) atoms. The number of pyridine rings is 1. The number of nitrogens with zero attached hydrogens (tertiary/aromatic N) is 7. The maximum Gasteiger partial charge on any atom is 0.283 e. The van der Waals surface area contributed by atoms with Gasteiger partial charge in [-0.3, -0.25) is 14.3 Å². The zero-order valence-electron chi connectivity index (χ0n) is 16.0. The molecule has 0 amide bonds. The molecule has 0 saturated carbocycles. The van der Waals surface area contributed by atoms with Crippen molar-refractivity contribution in [1.29, 1.82) is 0 Å². The molecule has 0 spiro atoms. The van der Waals surface area contributed by atoms with Gasteiger partial charge in [-0.15, -0.1) is 10.2 Å². The second-order valence-corrected chi connectivity index (χ2v) is 6.83. The highest BCUT2D eigenvalue weighted by Gasteiger charge is 2.19. The van der Waals surface area contributed by atoms with E-state index in [1.165, 1.54) is 27.5 Å². The minimum Gasteiger partial charge on any atom is -0.293 e. The van der Waals surface area contributed by atoms with Crippen molar-refractivity contribution in [2.24, 2.45) is 0 Å². The summed E-state index contributed by atoms with van der Waals surface area (Å²) in [6.45, 7) is 2.30. The first-order valence-corrected chi connectivity index (χ1v) is 9.44. The number of halogens is 1. The molecule has 8 nitrogen and oxygen atoms in total. The molecule has 0 unspecified atom stereocenters. The molecule has 4 aromatic heterocycles. The van der Waals surface area contributed by atoms with Gasteiger partial charge >= 0.3 is 0 Å². The van der Waals surface area contributed by atoms with Crippen LogP contribution < -0.4 is 5.56 Å². The smallest absolute Gasteiger partial charge is 0.283 e. The number of benzene rings is 1. The zero-order valence-corrected chi connectivity index (χ0v) is 16.0. The van der Waals surface area contributed by atoms with Crippen LogP contribution in [0.25, 0.3) is 27.9 Å². The predicted octanol–water partition coefficient (Wildman–Crippen LogP) is 2.65. The van der Waals surface area contributed by atoms with Crippen LogP contribution in [0.4, 0.5) is 4.39 Å². The Balaban J connectivity index is 1.70. The highest BCUT2D eigenvalue weighted by molar-refractivity contribution is 5.83. The van der Waals surface area contributed by atoms with E-state index in [1.807, 2.05) is 19.1 Å². The van der Waals surface area contributed by atoms with E-state index in [-0.39, 0.29) is 16.9 Å². The Hall–Kier alpha value is -4.01. The van der Waals surface area contributed by atoms with E-state index in [9.17, 15) is 9.18 Å². The Kier molecular flexibility index (Phi) is 4.27. The van der Waals surface area contributed by atoms with Crippen LogP contribution in [0.15, 0.2) is 59.9 Å². The molecule has 148 valence electrons. The van der Waals surface area contributed by atoms with Gasteiger partial charge < -0.3 is 0 Å². The SMILES string of the molecule is CCc1nn2c(nnc3c(=O)n(Cc4cccnc4)cnc32)c1-c1ccc(F)cc1. The minimum atomic E-state index is -0.319. The number of hydrogen-bond acceptors (Lipinski definition) is 6. The molecule has 5 aromatic rings. The third-order valence-electron chi connectivity index (χ3n) is 4.92. The van der Waals surface area contributed by atoms with E-state index in [4.69, 9.17) is 0 Å². The standard InChI is InChI=1S/C21H16FN7O/c1-2-16-17(14-5-7-15(22)8-6-14)19-26-25-18-20(29(19)27-16)24-12-28(21(18)30)11-13-4-3-9-23-10-13/h3-10,12H,2,11H2,1H3. The fraction of sp³-hybridized carbons (Fsp3) is 0.143. The molecule has 1 aromatic carbocycles. The molecule has 0 radical (unpaired) electrons. The van der Waals surface area contributed by atoms with Crippen LogP contribution in [0, 0.1) is 5.82 Å². The van der Waals surface area contributed by atoms with Gasteiger partial charge in [-0.1, -0.05) is 25.1 Å². The van der Waals surface area contributed by atoms with Gasteiger partial charge in [0, 0.05) is 12.4 Å². The van der Waals surface area contributed by atoms with Crippen molar-refractivity contribution in [2.45, 2.75) is 19.9 Å². The molecular formula is C21H16FN7O. The topological polar surface area (TPSA) is 90.9 Å². The van der Waals surface area contributed by atoms with E-state index in [0.29, 0.717) is 24.3 Å². The summed E-state index contributed by atoms with van der Waals surface area (Å²) in [5, 5.41) is 13.1. The number of aromatic nitrogens is 7. The summed E-state index contributed by atoms with van der Waals surface area (Å²) in [5.41, 5.74) is 3.80. The quantitative estimate of drug-likeness (QED) is 0.460. The summed E-state index contributed by atoms with van der Waals surface area (Å²) in [6.07, 6.45) is 5.48. The third kappa shape index (κ3) is 2.91. The molecule has 0 atom stereocenters. The highest BCUT2D eigenvalue weighted by atomic mass is 19.1. The van der Waals surface area contributed by atoms with Crippen molar-refractivity contribution in [3.8, 4) is 11.1 Å². The molecule has 5 rings (SSSR count). The van der Waals surface area contributed by atoms with Crippen LogP contribution in [0.1, 0.15) is 18.2 Å². The maximum atomic E-state index is 13.4. The van der Waals surface area contributed by atoms with Crippen LogP contribution in [-0.4, -0.2) is 34.3 Å². The van der Waals surface area contributed by atoms with Crippen LogP contribution in [-0.2, 0) is 13.0 Å². The Morgan fingerprint density at radius 1 is 1.07 bits per heavy atom. The molecular weight excluding hydrogens is 385 g/mol. The molecule has 0 bridgehead atoms. The monoisotopic (exact) mass is 401 g/mol. The fourth-order valence-electron chi connectivity index (χ4n) is 3.46. The second-order valence-electron chi connectivity index (χ2n) is 6.83. The lowest BCUT2D eigenvalue weighted by Gasteiger charge is -2.06. The van der Waals surface area contributed by atoms with Gasteiger partial charge in [-0.25, -0.2) is 9.37 Å². The summed E-state index contributed by atoms with van der Waals surface area (Å²) in [6, 6.07) is 9.83. The van der Waals surface area contributed by atoms with E-state index in [1.54, 1.807) is 24.5 Å². The lowest BCUT2D eigenvalue weighted by atomic mass is 10.0. The van der Waals surface area contributed by atoms with E-state index >= 15 is 0 Å². The molecule has 0 saturated heterocycles. The van der Waals surface area contributed by atoms with Crippen molar-refractivity contribution in [3.05, 3.63) is 82.5 Å². The summed E-state index contributed by atoms with van der Waals surface area (Å²) in [5.74, 6) is -0.319. The number of hydrogen-bond donors (Lipinski definition) is 0. The van der Waals surface area contributed by atoms with Gasteiger partial charge in [0.15, 0.2) is 16.8 Å². The van der Waals surface area contributed by atoms with Gasteiger partial charge in [0.05, 0.1) is 17.8 Å². The summed E-state index contributed by atoms with van der Waals surface area (Å²) in [7, 11) is 0. The van der Waals surface area contributed by atoms with E-state index < -0.39 is 0 Å². The van der Waals surface area contributed by atoms with Crippen LogP contribution in [0.3, 0.4) is 0 Å². The van der Waals surface area contributed by atoms with E-state index in [2.05, 4.69) is 25.3 Å². The van der Waals surface area contributed by atoms with Crippen molar-refractivity contribution in [2.75, 3.05) is 0 Å². The molecule has 0 aliphatic heterocycles. The zero-order chi connectivity index (χ0) is 20.7. The van der Waals surface area contributed by atoms with Gasteiger partial charge in [0.1, 0.15) is 12.1 Å². The lowest BCUT2D eigenvalue weighted by molar-refractivity contribution is 0.628. The summed E-state index contributed by atoms with van der Waals surface area (Å²) < 4.78 is 16.4. The normalized spacial score (nSPS) is 11.4. The predicted molar refractivity (Wildman–Crippen MR) is 108 cm³/mol. The third-order valence-corrected chi connectivity index (χ3v) is 4.92. The molecule has 0 aliphatic carbocycles. The first kappa shape index (κ1) is 18.0. The van der Waals surface area contributed by atoms with Crippen LogP contribution in [0.5, 0.6) is 0 Å². The summed E-state index contributed by atoms with van der Waals surface area (Å²) in [4.78, 5) is 21.5. The fourth-order valence-corrected chi connectivity index (χ4v) is 3.46. The van der Waals surface area contributed by atoms with Crippen LogP contribution in [0.2, 0.25) is 0 Å². The molecule has 0 aliphatic rings. The average molecular weight is 401 g/mol. The Bertz CT molecular complexity index is 1430. The number of aryl methyl sites for hydroxylation is 1. The largest absolute Gasteiger partial charge is 0.293 e. The Morgan fingerprint density at radius 3 is 2.63 bits per heavy atom. The molecule has 0 N–H and O–H groups in total. The molecule has 9 heteroatoms. The Morgan fingerprint density at radius 2 is 1.90 bits per heavy atom.